The monoisotopic (exact) mass is 646 g/mol. The van der Waals surface area contributed by atoms with Crippen LogP contribution in [-0.2, 0) is 25.3 Å². The number of carbonyl (C=O) groups excluding carboxylic acids is 3. The summed E-state index contributed by atoms with van der Waals surface area (Å²) >= 11 is 0. The fourth-order valence-corrected chi connectivity index (χ4v) is 3.80. The van der Waals surface area contributed by atoms with Gasteiger partial charge in [0, 0.05) is 57.7 Å². The van der Waals surface area contributed by atoms with Crippen molar-refractivity contribution in [1.29, 1.82) is 0 Å². The van der Waals surface area contributed by atoms with Gasteiger partial charge in [0.2, 0.25) is 11.8 Å². The Balaban J connectivity index is 0.000000577. The van der Waals surface area contributed by atoms with E-state index in [2.05, 4.69) is 59.1 Å². The van der Waals surface area contributed by atoms with Gasteiger partial charge in [-0.15, -0.1) is 0 Å². The lowest BCUT2D eigenvalue weighted by molar-refractivity contribution is -0.143. The van der Waals surface area contributed by atoms with E-state index in [4.69, 9.17) is 9.53 Å². The Kier molecular flexibility index (Phi) is 14.9. The number of carbonyl (C=O) groups is 3. The van der Waals surface area contributed by atoms with Gasteiger partial charge in [0.25, 0.3) is 0 Å². The summed E-state index contributed by atoms with van der Waals surface area (Å²) in [6.45, 7) is 7.77. The van der Waals surface area contributed by atoms with E-state index in [1.54, 1.807) is 37.4 Å². The quantitative estimate of drug-likeness (QED) is 0.163. The number of alkyl halides is 3. The molecule has 46 heavy (non-hydrogen) atoms. The minimum Gasteiger partial charge on any atom is -0.479 e. The summed E-state index contributed by atoms with van der Waals surface area (Å²) in [6.07, 6.45) is -1.52. The Bertz CT molecular complexity index is 1440. The van der Waals surface area contributed by atoms with Gasteiger partial charge in [0.15, 0.2) is 6.29 Å². The maximum atomic E-state index is 13.6. The standard InChI is InChI=1S/C23H27F3N8O.C4H6O3.C3H4O/c1-27-15-5-4-6-16(13-15)29-20-17(23(24,25)26)14-28-22(32-20)30-18-7-8-19(31-21(18)35-3)34-11-9-33(2)10-12-34;1-4(6)7-3-2-5;1-2-3-4/h4-8,13-14,27H,9-12H2,1-3H3,(H2,28,29,30,32);2H,3H2,1H3;2-3H,1H2. The smallest absolute Gasteiger partial charge is 0.421 e. The highest BCUT2D eigenvalue weighted by atomic mass is 19.4. The third kappa shape index (κ3) is 12.0. The second kappa shape index (κ2) is 18.5. The molecular formula is C30H37F3N8O5. The number of aldehydes is 2. The Hall–Kier alpha value is -5.25. The molecule has 0 spiro atoms. The Morgan fingerprint density at radius 1 is 1.07 bits per heavy atom. The molecule has 2 aromatic heterocycles. The van der Waals surface area contributed by atoms with Crippen LogP contribution in [0.3, 0.4) is 0 Å². The van der Waals surface area contributed by atoms with E-state index >= 15 is 0 Å². The van der Waals surface area contributed by atoms with Crippen LogP contribution in [0.2, 0.25) is 0 Å². The van der Waals surface area contributed by atoms with Crippen molar-refractivity contribution in [1.82, 2.24) is 19.9 Å². The average Bonchev–Trinajstić information content (AvgIpc) is 3.04. The number of pyridine rings is 1. The van der Waals surface area contributed by atoms with E-state index in [-0.39, 0.29) is 18.4 Å². The summed E-state index contributed by atoms with van der Waals surface area (Å²) in [6, 6.07) is 10.4. The highest BCUT2D eigenvalue weighted by molar-refractivity contribution is 5.69. The van der Waals surface area contributed by atoms with E-state index < -0.39 is 17.7 Å². The number of methoxy groups -OCH3 is 1. The molecule has 16 heteroatoms. The average molecular weight is 647 g/mol. The van der Waals surface area contributed by atoms with Gasteiger partial charge in [-0.3, -0.25) is 14.4 Å². The Morgan fingerprint density at radius 3 is 2.28 bits per heavy atom. The van der Waals surface area contributed by atoms with Crippen molar-refractivity contribution < 1.29 is 37.0 Å². The van der Waals surface area contributed by atoms with Crippen LogP contribution >= 0.6 is 0 Å². The van der Waals surface area contributed by atoms with Crippen LogP contribution < -0.4 is 25.6 Å². The summed E-state index contributed by atoms with van der Waals surface area (Å²) in [5.74, 6) is 0.232. The van der Waals surface area contributed by atoms with E-state index in [9.17, 15) is 22.8 Å². The summed E-state index contributed by atoms with van der Waals surface area (Å²) in [5.41, 5.74) is 0.650. The first-order valence-electron chi connectivity index (χ1n) is 13.8. The van der Waals surface area contributed by atoms with Crippen LogP contribution in [0.25, 0.3) is 0 Å². The van der Waals surface area contributed by atoms with Gasteiger partial charge < -0.3 is 35.2 Å². The second-order valence-electron chi connectivity index (χ2n) is 9.39. The normalized spacial score (nSPS) is 12.6. The lowest BCUT2D eigenvalue weighted by Crippen LogP contribution is -2.44. The zero-order valence-corrected chi connectivity index (χ0v) is 25.9. The lowest BCUT2D eigenvalue weighted by atomic mass is 10.2. The van der Waals surface area contributed by atoms with Gasteiger partial charge in [0.05, 0.1) is 7.11 Å². The van der Waals surface area contributed by atoms with E-state index in [1.807, 2.05) is 6.07 Å². The number of likely N-dealkylation sites (N-methyl/N-ethyl adjacent to an activating group) is 1. The number of nitrogens with one attached hydrogen (secondary N) is 3. The lowest BCUT2D eigenvalue weighted by Gasteiger charge is -2.33. The predicted octanol–water partition coefficient (Wildman–Crippen LogP) is 4.30. The zero-order chi connectivity index (χ0) is 34.1. The molecule has 1 fully saturated rings. The molecule has 3 aromatic rings. The molecule has 3 N–H and O–H groups in total. The minimum absolute atomic E-state index is 0.0299. The molecule has 1 aromatic carbocycles. The van der Waals surface area contributed by atoms with Crippen molar-refractivity contribution in [2.75, 3.05) is 74.8 Å². The summed E-state index contributed by atoms with van der Waals surface area (Å²) in [7, 11) is 5.28. The highest BCUT2D eigenvalue weighted by Gasteiger charge is 2.35. The van der Waals surface area contributed by atoms with Crippen LogP contribution in [0.1, 0.15) is 12.5 Å². The van der Waals surface area contributed by atoms with Crippen LogP contribution in [0.4, 0.5) is 47.8 Å². The summed E-state index contributed by atoms with van der Waals surface area (Å²) in [4.78, 5) is 45.3. The maximum Gasteiger partial charge on any atom is 0.421 e. The molecule has 1 aliphatic rings. The molecule has 248 valence electrons. The number of esters is 1. The molecule has 0 unspecified atom stereocenters. The fraction of sp³-hybridized carbons (Fsp3) is 0.333. The van der Waals surface area contributed by atoms with Crippen molar-refractivity contribution in [2.45, 2.75) is 13.1 Å². The van der Waals surface area contributed by atoms with Crippen molar-refractivity contribution in [3.8, 4) is 5.88 Å². The molecule has 13 nitrogen and oxygen atoms in total. The second-order valence-corrected chi connectivity index (χ2v) is 9.39. The van der Waals surface area contributed by atoms with Crippen molar-refractivity contribution in [2.24, 2.45) is 0 Å². The third-order valence-corrected chi connectivity index (χ3v) is 6.07. The maximum absolute atomic E-state index is 13.6. The number of rotatable bonds is 10. The number of nitrogens with zero attached hydrogens (tertiary/aromatic N) is 5. The molecule has 1 aliphatic heterocycles. The number of ether oxygens (including phenoxy) is 2. The first-order valence-corrected chi connectivity index (χ1v) is 13.8. The Morgan fingerprint density at radius 2 is 1.74 bits per heavy atom. The largest absolute Gasteiger partial charge is 0.479 e. The van der Waals surface area contributed by atoms with Gasteiger partial charge >= 0.3 is 12.1 Å². The van der Waals surface area contributed by atoms with E-state index in [1.165, 1.54) is 20.1 Å². The molecule has 0 radical (unpaired) electrons. The van der Waals surface area contributed by atoms with E-state index in [0.29, 0.717) is 29.8 Å². The number of aromatic nitrogens is 3. The fourth-order valence-electron chi connectivity index (χ4n) is 3.80. The Labute approximate surface area is 264 Å². The van der Waals surface area contributed by atoms with Gasteiger partial charge in [0.1, 0.15) is 35.8 Å². The van der Waals surface area contributed by atoms with Gasteiger partial charge in [-0.05, 0) is 43.5 Å². The molecule has 0 amide bonds. The van der Waals surface area contributed by atoms with Crippen LogP contribution in [-0.4, -0.2) is 92.4 Å². The number of hydrogen-bond donors (Lipinski definition) is 3. The molecule has 0 saturated carbocycles. The molecular weight excluding hydrogens is 609 g/mol. The number of piperazine rings is 1. The number of anilines is 6. The first kappa shape index (κ1) is 36.9. The highest BCUT2D eigenvalue weighted by Crippen LogP contribution is 2.36. The molecule has 4 rings (SSSR count). The first-order chi connectivity index (χ1) is 21.9. The van der Waals surface area contributed by atoms with Gasteiger partial charge in [-0.1, -0.05) is 12.6 Å². The van der Waals surface area contributed by atoms with E-state index in [0.717, 1.165) is 43.9 Å². The molecule has 3 heterocycles. The van der Waals surface area contributed by atoms with Crippen LogP contribution in [0.15, 0.2) is 55.3 Å². The molecule has 0 atom stereocenters. The summed E-state index contributed by atoms with van der Waals surface area (Å²) < 4.78 is 50.5. The number of allylic oxidation sites excluding steroid dienone is 1. The third-order valence-electron chi connectivity index (χ3n) is 6.07. The number of halogens is 3. The van der Waals surface area contributed by atoms with Crippen molar-refractivity contribution in [3.63, 3.8) is 0 Å². The SMILES string of the molecule is C=CC=O.CC(=O)OCC=O.CNc1cccc(Nc2nc(Nc3ccc(N4CCN(C)CC4)nc3OC)ncc2C(F)(F)F)c1. The van der Waals surface area contributed by atoms with Gasteiger partial charge in [-0.25, -0.2) is 4.98 Å². The topological polar surface area (TPSA) is 151 Å². The van der Waals surface area contributed by atoms with Gasteiger partial charge in [-0.2, -0.15) is 23.1 Å². The summed E-state index contributed by atoms with van der Waals surface area (Å²) in [5, 5.41) is 8.64. The van der Waals surface area contributed by atoms with Crippen molar-refractivity contribution in [3.05, 3.63) is 60.8 Å². The minimum atomic E-state index is -4.63. The number of benzene rings is 1. The molecule has 0 aliphatic carbocycles. The number of hydrogen-bond acceptors (Lipinski definition) is 13. The predicted molar refractivity (Wildman–Crippen MR) is 169 cm³/mol. The molecule has 0 bridgehead atoms. The van der Waals surface area contributed by atoms with Crippen LogP contribution in [0, 0.1) is 0 Å². The van der Waals surface area contributed by atoms with Crippen molar-refractivity contribution >= 4 is 53.2 Å². The zero-order valence-electron chi connectivity index (χ0n) is 25.9. The molecule has 1 saturated heterocycles. The van der Waals surface area contributed by atoms with Crippen LogP contribution in [0.5, 0.6) is 5.88 Å².